The Hall–Kier alpha value is -1.29. The molecule has 3 rings (SSSR count). The second-order valence-electron chi connectivity index (χ2n) is 4.16. The van der Waals surface area contributed by atoms with Gasteiger partial charge in [0.05, 0.1) is 5.52 Å². The molecular weight excluding hydrogens is 268 g/mol. The van der Waals surface area contributed by atoms with Crippen LogP contribution < -0.4 is 5.32 Å². The lowest BCUT2D eigenvalue weighted by Crippen LogP contribution is -2.37. The van der Waals surface area contributed by atoms with Gasteiger partial charge in [0.25, 0.3) is 5.91 Å². The van der Waals surface area contributed by atoms with E-state index in [-0.39, 0.29) is 5.91 Å². The van der Waals surface area contributed by atoms with Crippen molar-refractivity contribution in [2.75, 3.05) is 6.54 Å². The van der Waals surface area contributed by atoms with Crippen LogP contribution in [0.3, 0.4) is 0 Å². The number of hydrogen-bond donors (Lipinski definition) is 1. The minimum absolute atomic E-state index is 0.0189. The van der Waals surface area contributed by atoms with Crippen molar-refractivity contribution >= 4 is 32.7 Å². The normalized spacial score (nSPS) is 19.6. The van der Waals surface area contributed by atoms with Gasteiger partial charge in [-0.2, -0.15) is 0 Å². The number of carbonyl (C=O) groups is 1. The first-order chi connectivity index (χ1) is 7.66. The van der Waals surface area contributed by atoms with Crippen LogP contribution >= 0.6 is 15.9 Å². The highest BCUT2D eigenvalue weighted by atomic mass is 79.9. The van der Waals surface area contributed by atoms with Crippen LogP contribution in [0.2, 0.25) is 0 Å². The fourth-order valence-electron chi connectivity index (χ4n) is 2.27. The molecule has 1 atom stereocenters. The molecule has 82 valence electrons. The van der Waals surface area contributed by atoms with Crippen molar-refractivity contribution in [2.24, 2.45) is 0 Å². The van der Waals surface area contributed by atoms with Crippen molar-refractivity contribution < 1.29 is 4.79 Å². The molecule has 1 aromatic carbocycles. The Labute approximate surface area is 102 Å². The van der Waals surface area contributed by atoms with Crippen molar-refractivity contribution in [3.05, 3.63) is 34.4 Å². The van der Waals surface area contributed by atoms with Crippen LogP contribution in [0.25, 0.3) is 10.9 Å². The number of rotatable bonds is 0. The molecule has 0 unspecified atom stereocenters. The summed E-state index contributed by atoms with van der Waals surface area (Å²) < 4.78 is 3.15. The number of fused-ring (bicyclic) bond motifs is 3. The van der Waals surface area contributed by atoms with Crippen molar-refractivity contribution in [2.45, 2.75) is 13.0 Å². The van der Waals surface area contributed by atoms with E-state index in [4.69, 9.17) is 0 Å². The Balaban J connectivity index is 2.38. The second-order valence-corrected chi connectivity index (χ2v) is 5.08. The maximum atomic E-state index is 11.7. The molecule has 1 aliphatic heterocycles. The Morgan fingerprint density at radius 1 is 1.44 bits per heavy atom. The highest BCUT2D eigenvalue weighted by Crippen LogP contribution is 2.28. The Morgan fingerprint density at radius 3 is 3.06 bits per heavy atom. The van der Waals surface area contributed by atoms with Crippen LogP contribution in [0.4, 0.5) is 0 Å². The van der Waals surface area contributed by atoms with Gasteiger partial charge in [-0.15, -0.1) is 0 Å². The fourth-order valence-corrected chi connectivity index (χ4v) is 2.62. The smallest absolute Gasteiger partial charge is 0.268 e. The molecule has 2 heterocycles. The molecule has 1 N–H and O–H groups in total. The molecule has 1 aliphatic rings. The maximum Gasteiger partial charge on any atom is 0.268 e. The standard InChI is InChI=1S/C12H11BrN2O/c1-7-6-14-12(16)11-4-8-2-3-9(13)5-10(8)15(7)11/h2-5,7H,6H2,1H3,(H,14,16)/t7-/m1/s1. The number of aromatic nitrogens is 1. The lowest BCUT2D eigenvalue weighted by Gasteiger charge is -2.24. The van der Waals surface area contributed by atoms with E-state index in [0.717, 1.165) is 21.1 Å². The predicted molar refractivity (Wildman–Crippen MR) is 66.7 cm³/mol. The topological polar surface area (TPSA) is 34.0 Å². The first-order valence-electron chi connectivity index (χ1n) is 5.25. The van der Waals surface area contributed by atoms with E-state index in [1.165, 1.54) is 0 Å². The summed E-state index contributed by atoms with van der Waals surface area (Å²) in [4.78, 5) is 11.7. The van der Waals surface area contributed by atoms with Crippen molar-refractivity contribution in [3.8, 4) is 0 Å². The summed E-state index contributed by atoms with van der Waals surface area (Å²) in [5.41, 5.74) is 1.87. The van der Waals surface area contributed by atoms with Crippen molar-refractivity contribution in [1.29, 1.82) is 0 Å². The van der Waals surface area contributed by atoms with Gasteiger partial charge < -0.3 is 9.88 Å². The quantitative estimate of drug-likeness (QED) is 0.790. The van der Waals surface area contributed by atoms with E-state index >= 15 is 0 Å². The number of amides is 1. The summed E-state index contributed by atoms with van der Waals surface area (Å²) in [5, 5.41) is 4.01. The average Bonchev–Trinajstić information content (AvgIpc) is 2.63. The van der Waals surface area contributed by atoms with Crippen LogP contribution in [0.1, 0.15) is 23.5 Å². The van der Waals surface area contributed by atoms with Gasteiger partial charge in [0, 0.05) is 22.4 Å². The zero-order valence-corrected chi connectivity index (χ0v) is 10.4. The van der Waals surface area contributed by atoms with E-state index in [1.807, 2.05) is 18.2 Å². The summed E-state index contributed by atoms with van der Waals surface area (Å²) in [6.45, 7) is 2.81. The lowest BCUT2D eigenvalue weighted by atomic mass is 10.2. The minimum Gasteiger partial charge on any atom is -0.349 e. The largest absolute Gasteiger partial charge is 0.349 e. The van der Waals surface area contributed by atoms with Gasteiger partial charge in [-0.25, -0.2) is 0 Å². The molecule has 0 radical (unpaired) electrons. The zero-order valence-electron chi connectivity index (χ0n) is 8.83. The molecule has 0 spiro atoms. The van der Waals surface area contributed by atoms with Gasteiger partial charge >= 0.3 is 0 Å². The van der Waals surface area contributed by atoms with Crippen LogP contribution in [0.15, 0.2) is 28.7 Å². The third-order valence-corrected chi connectivity index (χ3v) is 3.53. The molecule has 4 heteroatoms. The van der Waals surface area contributed by atoms with Gasteiger partial charge in [0.2, 0.25) is 0 Å². The fraction of sp³-hybridized carbons (Fsp3) is 0.250. The van der Waals surface area contributed by atoms with Crippen molar-refractivity contribution in [1.82, 2.24) is 9.88 Å². The highest BCUT2D eigenvalue weighted by molar-refractivity contribution is 9.10. The van der Waals surface area contributed by atoms with Crippen LogP contribution in [-0.4, -0.2) is 17.0 Å². The highest BCUT2D eigenvalue weighted by Gasteiger charge is 2.23. The molecule has 2 aromatic rings. The van der Waals surface area contributed by atoms with Crippen LogP contribution in [0, 0.1) is 0 Å². The third kappa shape index (κ3) is 1.29. The van der Waals surface area contributed by atoms with Crippen LogP contribution in [0.5, 0.6) is 0 Å². The maximum absolute atomic E-state index is 11.7. The van der Waals surface area contributed by atoms with Gasteiger partial charge in [0.1, 0.15) is 5.69 Å². The van der Waals surface area contributed by atoms with Gasteiger partial charge in [-0.3, -0.25) is 4.79 Å². The molecule has 0 saturated heterocycles. The van der Waals surface area contributed by atoms with E-state index in [9.17, 15) is 4.79 Å². The summed E-state index contributed by atoms with van der Waals surface area (Å²) in [6.07, 6.45) is 0. The first-order valence-corrected chi connectivity index (χ1v) is 6.05. The number of nitrogens with zero attached hydrogens (tertiary/aromatic N) is 1. The number of hydrogen-bond acceptors (Lipinski definition) is 1. The SMILES string of the molecule is C[C@@H]1CNC(=O)c2cc3ccc(Br)cc3n21. The summed E-state index contributed by atoms with van der Waals surface area (Å²) in [6, 6.07) is 8.35. The number of benzene rings is 1. The summed E-state index contributed by atoms with van der Waals surface area (Å²) in [5.74, 6) is 0.0189. The monoisotopic (exact) mass is 278 g/mol. The molecule has 0 bridgehead atoms. The van der Waals surface area contributed by atoms with Gasteiger partial charge in [-0.1, -0.05) is 22.0 Å². The van der Waals surface area contributed by atoms with E-state index in [2.05, 4.69) is 38.8 Å². The van der Waals surface area contributed by atoms with Gasteiger partial charge in [0.15, 0.2) is 0 Å². The molecule has 16 heavy (non-hydrogen) atoms. The second kappa shape index (κ2) is 3.35. The number of nitrogens with one attached hydrogen (secondary N) is 1. The number of halogens is 1. The Kier molecular flexibility index (Phi) is 2.07. The molecule has 0 saturated carbocycles. The van der Waals surface area contributed by atoms with E-state index in [1.54, 1.807) is 0 Å². The summed E-state index contributed by atoms with van der Waals surface area (Å²) >= 11 is 3.47. The van der Waals surface area contributed by atoms with E-state index in [0.29, 0.717) is 12.6 Å². The Morgan fingerprint density at radius 2 is 2.25 bits per heavy atom. The molecule has 3 nitrogen and oxygen atoms in total. The van der Waals surface area contributed by atoms with E-state index < -0.39 is 0 Å². The first kappa shape index (κ1) is 9.90. The summed E-state index contributed by atoms with van der Waals surface area (Å²) in [7, 11) is 0. The zero-order chi connectivity index (χ0) is 11.3. The van der Waals surface area contributed by atoms with Gasteiger partial charge in [-0.05, 0) is 25.1 Å². The lowest BCUT2D eigenvalue weighted by molar-refractivity contribution is 0.0919. The average molecular weight is 279 g/mol. The predicted octanol–water partition coefficient (Wildman–Crippen LogP) is 2.71. The molecule has 1 amide bonds. The minimum atomic E-state index is 0.0189. The molecule has 1 aromatic heterocycles. The molecule has 0 fully saturated rings. The molecular formula is C12H11BrN2O. The van der Waals surface area contributed by atoms with Crippen LogP contribution in [-0.2, 0) is 0 Å². The third-order valence-electron chi connectivity index (χ3n) is 3.04. The number of carbonyl (C=O) groups excluding carboxylic acids is 1. The van der Waals surface area contributed by atoms with Crippen molar-refractivity contribution in [3.63, 3.8) is 0 Å². The molecule has 0 aliphatic carbocycles. The Bertz CT molecular complexity index is 588.